The molecule has 24 heavy (non-hydrogen) atoms. The van der Waals surface area contributed by atoms with Gasteiger partial charge < -0.3 is 15.2 Å². The van der Waals surface area contributed by atoms with Crippen LogP contribution in [0.1, 0.15) is 40.5 Å². The molecular weight excluding hydrogens is 306 g/mol. The van der Waals surface area contributed by atoms with Crippen molar-refractivity contribution in [3.8, 4) is 5.75 Å². The maximum Gasteiger partial charge on any atom is 0.270 e. The first-order valence-electron chi connectivity index (χ1n) is 8.34. The number of hydrogen-bond acceptors (Lipinski definition) is 4. The SMILES string of the molecule is Cn1nccc1C(=O)N[C@@H](c1ccc2c(c1)CCO2)C1CC(O)C1. The molecule has 1 saturated carbocycles. The van der Waals surface area contributed by atoms with Gasteiger partial charge in [0.15, 0.2) is 0 Å². The Labute approximate surface area is 140 Å². The fraction of sp³-hybridized carbons (Fsp3) is 0.444. The Kier molecular flexibility index (Phi) is 3.76. The van der Waals surface area contributed by atoms with E-state index in [-0.39, 0.29) is 24.0 Å². The molecule has 4 rings (SSSR count). The van der Waals surface area contributed by atoms with E-state index < -0.39 is 0 Å². The van der Waals surface area contributed by atoms with Gasteiger partial charge in [-0.25, -0.2) is 0 Å². The second-order valence-electron chi connectivity index (χ2n) is 6.64. The summed E-state index contributed by atoms with van der Waals surface area (Å²) in [5.74, 6) is 1.04. The number of nitrogens with one attached hydrogen (secondary N) is 1. The van der Waals surface area contributed by atoms with E-state index in [1.165, 1.54) is 5.56 Å². The fourth-order valence-corrected chi connectivity index (χ4v) is 3.59. The number of nitrogens with zero attached hydrogens (tertiary/aromatic N) is 2. The monoisotopic (exact) mass is 327 g/mol. The van der Waals surface area contributed by atoms with Crippen molar-refractivity contribution >= 4 is 5.91 Å². The first kappa shape index (κ1) is 15.2. The van der Waals surface area contributed by atoms with Gasteiger partial charge in [0.1, 0.15) is 11.4 Å². The zero-order chi connectivity index (χ0) is 16.7. The Morgan fingerprint density at radius 1 is 1.42 bits per heavy atom. The van der Waals surface area contributed by atoms with Crippen LogP contribution in [0.2, 0.25) is 0 Å². The molecule has 2 aromatic rings. The highest BCUT2D eigenvalue weighted by Crippen LogP contribution is 2.39. The smallest absolute Gasteiger partial charge is 0.270 e. The molecule has 1 amide bonds. The molecule has 0 bridgehead atoms. The molecule has 0 radical (unpaired) electrons. The number of amides is 1. The van der Waals surface area contributed by atoms with Crippen molar-refractivity contribution in [1.82, 2.24) is 15.1 Å². The number of fused-ring (bicyclic) bond motifs is 1. The van der Waals surface area contributed by atoms with Crippen molar-refractivity contribution in [1.29, 1.82) is 0 Å². The number of hydrogen-bond donors (Lipinski definition) is 2. The minimum Gasteiger partial charge on any atom is -0.493 e. The van der Waals surface area contributed by atoms with Gasteiger partial charge >= 0.3 is 0 Å². The summed E-state index contributed by atoms with van der Waals surface area (Å²) < 4.78 is 7.14. The van der Waals surface area contributed by atoms with Crippen LogP contribution < -0.4 is 10.1 Å². The van der Waals surface area contributed by atoms with Crippen LogP contribution in [0, 0.1) is 5.92 Å². The lowest BCUT2D eigenvalue weighted by atomic mass is 9.75. The molecule has 0 saturated heterocycles. The molecule has 1 aromatic heterocycles. The van der Waals surface area contributed by atoms with Crippen LogP contribution >= 0.6 is 0 Å². The molecule has 0 unspecified atom stereocenters. The van der Waals surface area contributed by atoms with Gasteiger partial charge in [-0.15, -0.1) is 0 Å². The van der Waals surface area contributed by atoms with Crippen LogP contribution in [-0.4, -0.2) is 33.5 Å². The molecule has 1 aliphatic carbocycles. The quantitative estimate of drug-likeness (QED) is 0.894. The molecule has 6 nitrogen and oxygen atoms in total. The lowest BCUT2D eigenvalue weighted by Crippen LogP contribution is -2.41. The Bertz CT molecular complexity index is 765. The normalized spacial score (nSPS) is 23.1. The van der Waals surface area contributed by atoms with E-state index in [0.29, 0.717) is 25.1 Å². The first-order valence-corrected chi connectivity index (χ1v) is 8.34. The largest absolute Gasteiger partial charge is 0.493 e. The van der Waals surface area contributed by atoms with Crippen molar-refractivity contribution in [3.05, 3.63) is 47.3 Å². The van der Waals surface area contributed by atoms with E-state index in [0.717, 1.165) is 17.7 Å². The standard InChI is InChI=1S/C18H21N3O3/c1-21-15(4-6-19-21)18(23)20-17(13-9-14(22)10-13)12-2-3-16-11(8-12)5-7-24-16/h2-4,6,8,13-14,17,22H,5,7,9-10H2,1H3,(H,20,23)/t13?,14?,17-/m0/s1. The van der Waals surface area contributed by atoms with Crippen LogP contribution in [0.4, 0.5) is 0 Å². The molecule has 2 aliphatic rings. The van der Waals surface area contributed by atoms with Crippen LogP contribution in [0.3, 0.4) is 0 Å². The van der Waals surface area contributed by atoms with E-state index in [1.807, 2.05) is 12.1 Å². The maximum absolute atomic E-state index is 12.6. The predicted molar refractivity (Wildman–Crippen MR) is 87.8 cm³/mol. The maximum atomic E-state index is 12.6. The number of aromatic nitrogens is 2. The van der Waals surface area contributed by atoms with Gasteiger partial charge in [-0.3, -0.25) is 9.48 Å². The average Bonchev–Trinajstić information content (AvgIpc) is 3.17. The van der Waals surface area contributed by atoms with E-state index in [2.05, 4.69) is 16.5 Å². The Hall–Kier alpha value is -2.34. The van der Waals surface area contributed by atoms with E-state index >= 15 is 0 Å². The van der Waals surface area contributed by atoms with Gasteiger partial charge in [0, 0.05) is 19.7 Å². The second-order valence-corrected chi connectivity index (χ2v) is 6.64. The molecular formula is C18H21N3O3. The summed E-state index contributed by atoms with van der Waals surface area (Å²) >= 11 is 0. The summed E-state index contributed by atoms with van der Waals surface area (Å²) in [6.07, 6.45) is 3.68. The van der Waals surface area contributed by atoms with Gasteiger partial charge in [0.05, 0.1) is 18.8 Å². The Balaban J connectivity index is 1.60. The minimum atomic E-state index is -0.260. The minimum absolute atomic E-state index is 0.110. The lowest BCUT2D eigenvalue weighted by molar-refractivity contribution is 0.0234. The second kappa shape index (κ2) is 5.94. The highest BCUT2D eigenvalue weighted by Gasteiger charge is 2.36. The number of carbonyl (C=O) groups is 1. The van der Waals surface area contributed by atoms with Gasteiger partial charge in [-0.2, -0.15) is 5.10 Å². The number of aliphatic hydroxyl groups is 1. The molecule has 1 atom stereocenters. The molecule has 1 fully saturated rings. The number of benzene rings is 1. The van der Waals surface area contributed by atoms with Gasteiger partial charge in [0.2, 0.25) is 0 Å². The lowest BCUT2D eigenvalue weighted by Gasteiger charge is -2.38. The zero-order valence-electron chi connectivity index (χ0n) is 13.6. The van der Waals surface area contributed by atoms with Crippen molar-refractivity contribution < 1.29 is 14.6 Å². The molecule has 1 aromatic carbocycles. The summed E-state index contributed by atoms with van der Waals surface area (Å²) in [7, 11) is 1.75. The summed E-state index contributed by atoms with van der Waals surface area (Å²) in [6.45, 7) is 0.715. The van der Waals surface area contributed by atoms with E-state index in [9.17, 15) is 9.90 Å². The summed E-state index contributed by atoms with van der Waals surface area (Å²) in [5.41, 5.74) is 2.79. The fourth-order valence-electron chi connectivity index (χ4n) is 3.59. The number of aliphatic hydroxyl groups excluding tert-OH is 1. The van der Waals surface area contributed by atoms with Crippen LogP contribution in [0.25, 0.3) is 0 Å². The zero-order valence-corrected chi connectivity index (χ0v) is 13.6. The van der Waals surface area contributed by atoms with Crippen molar-refractivity contribution in [3.63, 3.8) is 0 Å². The van der Waals surface area contributed by atoms with E-state index in [1.54, 1.807) is 24.0 Å². The summed E-state index contributed by atoms with van der Waals surface area (Å²) in [5, 5.41) is 16.9. The number of carbonyl (C=O) groups excluding carboxylic acids is 1. The third-order valence-electron chi connectivity index (χ3n) is 5.03. The van der Waals surface area contributed by atoms with Gasteiger partial charge in [0.25, 0.3) is 5.91 Å². The number of ether oxygens (including phenoxy) is 1. The highest BCUT2D eigenvalue weighted by atomic mass is 16.5. The first-order chi connectivity index (χ1) is 11.6. The predicted octanol–water partition coefficient (Wildman–Crippen LogP) is 1.60. The van der Waals surface area contributed by atoms with Crippen molar-refractivity contribution in [2.75, 3.05) is 6.61 Å². The number of aryl methyl sites for hydroxylation is 1. The third-order valence-corrected chi connectivity index (χ3v) is 5.03. The molecule has 0 spiro atoms. The highest BCUT2D eigenvalue weighted by molar-refractivity contribution is 5.92. The third kappa shape index (κ3) is 2.67. The van der Waals surface area contributed by atoms with Gasteiger partial charge in [-0.05, 0) is 48.1 Å². The van der Waals surface area contributed by atoms with Crippen LogP contribution in [0.5, 0.6) is 5.75 Å². The van der Waals surface area contributed by atoms with E-state index in [4.69, 9.17) is 4.74 Å². The topological polar surface area (TPSA) is 76.4 Å². The molecule has 6 heteroatoms. The van der Waals surface area contributed by atoms with Gasteiger partial charge in [-0.1, -0.05) is 6.07 Å². The molecule has 2 heterocycles. The van der Waals surface area contributed by atoms with Crippen molar-refractivity contribution in [2.45, 2.75) is 31.4 Å². The van der Waals surface area contributed by atoms with Crippen LogP contribution in [0.15, 0.2) is 30.5 Å². The average molecular weight is 327 g/mol. The molecule has 2 N–H and O–H groups in total. The number of rotatable bonds is 4. The Morgan fingerprint density at radius 3 is 2.96 bits per heavy atom. The molecule has 126 valence electrons. The van der Waals surface area contributed by atoms with Crippen LogP contribution in [-0.2, 0) is 13.5 Å². The van der Waals surface area contributed by atoms with Crippen molar-refractivity contribution in [2.24, 2.45) is 13.0 Å². The summed E-state index contributed by atoms with van der Waals surface area (Å²) in [4.78, 5) is 12.6. The Morgan fingerprint density at radius 2 is 2.25 bits per heavy atom. The molecule has 1 aliphatic heterocycles. The summed E-state index contributed by atoms with van der Waals surface area (Å²) in [6, 6.07) is 7.72.